The molecule has 0 aliphatic heterocycles. The Labute approximate surface area is 107 Å². The van der Waals surface area contributed by atoms with Crippen molar-refractivity contribution in [3.8, 4) is 0 Å². The Balaban J connectivity index is 2.54. The maximum atomic E-state index is 11.6. The summed E-state index contributed by atoms with van der Waals surface area (Å²) in [5, 5.41) is 5.26. The summed E-state index contributed by atoms with van der Waals surface area (Å²) in [6.45, 7) is 7.77. The smallest absolute Gasteiger partial charge is 0.233 e. The lowest BCUT2D eigenvalue weighted by Crippen LogP contribution is -2.28. The van der Waals surface area contributed by atoms with E-state index < -0.39 is 0 Å². The lowest BCUT2D eigenvalue weighted by molar-refractivity contribution is -0.126. The van der Waals surface area contributed by atoms with Crippen LogP contribution in [-0.4, -0.2) is 18.4 Å². The van der Waals surface area contributed by atoms with Gasteiger partial charge in [0, 0.05) is 12.2 Å². The molecule has 18 heavy (non-hydrogen) atoms. The molecule has 96 valence electrons. The van der Waals surface area contributed by atoms with Gasteiger partial charge in [-0.05, 0) is 37.1 Å². The molecule has 0 aliphatic carbocycles. The first-order valence-electron chi connectivity index (χ1n) is 5.77. The molecule has 2 N–H and O–H groups in total. The third kappa shape index (κ3) is 4.82. The molecule has 1 aromatic rings. The number of carbonyl (C=O) groups is 2. The maximum Gasteiger partial charge on any atom is 0.233 e. The van der Waals surface area contributed by atoms with Crippen LogP contribution in [0.1, 0.15) is 17.5 Å². The fraction of sp³-hybridized carbons (Fsp3) is 0.286. The van der Waals surface area contributed by atoms with E-state index >= 15 is 0 Å². The molecule has 0 aromatic heterocycles. The molecular formula is C14H18N2O2. The number of hydrogen-bond donors (Lipinski definition) is 2. The molecule has 0 fully saturated rings. The van der Waals surface area contributed by atoms with Gasteiger partial charge in [0.25, 0.3) is 0 Å². The first-order valence-corrected chi connectivity index (χ1v) is 5.77. The fourth-order valence-corrected chi connectivity index (χ4v) is 1.65. The van der Waals surface area contributed by atoms with Crippen LogP contribution in [0.25, 0.3) is 0 Å². The van der Waals surface area contributed by atoms with Gasteiger partial charge < -0.3 is 10.6 Å². The van der Waals surface area contributed by atoms with Crippen molar-refractivity contribution in [1.82, 2.24) is 5.32 Å². The van der Waals surface area contributed by atoms with E-state index in [9.17, 15) is 9.59 Å². The minimum Gasteiger partial charge on any atom is -0.352 e. The van der Waals surface area contributed by atoms with Crippen molar-refractivity contribution in [1.29, 1.82) is 0 Å². The van der Waals surface area contributed by atoms with Crippen molar-refractivity contribution in [3.63, 3.8) is 0 Å². The summed E-state index contributed by atoms with van der Waals surface area (Å²) in [6.07, 6.45) is 1.39. The van der Waals surface area contributed by atoms with E-state index in [2.05, 4.69) is 17.2 Å². The highest BCUT2D eigenvalue weighted by Gasteiger charge is 2.08. The van der Waals surface area contributed by atoms with Crippen LogP contribution < -0.4 is 10.6 Å². The second kappa shape index (κ2) is 6.59. The quantitative estimate of drug-likeness (QED) is 0.616. The fourth-order valence-electron chi connectivity index (χ4n) is 1.65. The van der Waals surface area contributed by atoms with E-state index in [1.807, 2.05) is 32.0 Å². The number of anilines is 1. The minimum absolute atomic E-state index is 0.180. The molecular weight excluding hydrogens is 228 g/mol. The molecule has 0 saturated carbocycles. The summed E-state index contributed by atoms with van der Waals surface area (Å²) in [6, 6.07) is 5.76. The largest absolute Gasteiger partial charge is 0.352 e. The van der Waals surface area contributed by atoms with Crippen LogP contribution in [-0.2, 0) is 9.59 Å². The third-order valence-corrected chi connectivity index (χ3v) is 2.27. The number of amides is 2. The summed E-state index contributed by atoms with van der Waals surface area (Å²) < 4.78 is 0. The molecule has 1 rings (SSSR count). The first kappa shape index (κ1) is 14.0. The Morgan fingerprint density at radius 3 is 2.33 bits per heavy atom. The Hall–Kier alpha value is -2.10. The summed E-state index contributed by atoms with van der Waals surface area (Å²) in [4.78, 5) is 22.9. The van der Waals surface area contributed by atoms with Gasteiger partial charge in [0.15, 0.2) is 0 Å². The van der Waals surface area contributed by atoms with Crippen LogP contribution in [0.3, 0.4) is 0 Å². The van der Waals surface area contributed by atoms with Gasteiger partial charge in [0.2, 0.25) is 11.8 Å². The van der Waals surface area contributed by atoms with Crippen LogP contribution in [0.5, 0.6) is 0 Å². The zero-order chi connectivity index (χ0) is 13.5. The molecule has 4 heteroatoms. The number of nitrogens with one attached hydrogen (secondary N) is 2. The highest BCUT2D eigenvalue weighted by molar-refractivity contribution is 6.03. The second-order valence-electron chi connectivity index (χ2n) is 4.19. The molecule has 4 nitrogen and oxygen atoms in total. The van der Waals surface area contributed by atoms with Crippen LogP contribution in [0.4, 0.5) is 5.69 Å². The average molecular weight is 246 g/mol. The van der Waals surface area contributed by atoms with Crippen molar-refractivity contribution >= 4 is 17.5 Å². The van der Waals surface area contributed by atoms with E-state index in [-0.39, 0.29) is 18.2 Å². The van der Waals surface area contributed by atoms with Gasteiger partial charge in [-0.3, -0.25) is 9.59 Å². The van der Waals surface area contributed by atoms with Gasteiger partial charge in [0.05, 0.1) is 0 Å². The summed E-state index contributed by atoms with van der Waals surface area (Å²) in [5.41, 5.74) is 2.86. The Bertz CT molecular complexity index is 447. The van der Waals surface area contributed by atoms with Crippen LogP contribution in [0, 0.1) is 13.8 Å². The van der Waals surface area contributed by atoms with Crippen molar-refractivity contribution in [2.75, 3.05) is 11.9 Å². The van der Waals surface area contributed by atoms with Crippen molar-refractivity contribution in [2.24, 2.45) is 0 Å². The number of carbonyl (C=O) groups excluding carboxylic acids is 2. The predicted octanol–water partition coefficient (Wildman–Crippen LogP) is 1.93. The lowest BCUT2D eigenvalue weighted by Gasteiger charge is -2.07. The van der Waals surface area contributed by atoms with Gasteiger partial charge in [0.1, 0.15) is 6.42 Å². The highest BCUT2D eigenvalue weighted by Crippen LogP contribution is 2.13. The SMILES string of the molecule is C=CCNC(=O)CC(=O)Nc1cc(C)cc(C)c1. The van der Waals surface area contributed by atoms with E-state index in [4.69, 9.17) is 0 Å². The molecule has 0 aliphatic rings. The van der Waals surface area contributed by atoms with Gasteiger partial charge in [-0.1, -0.05) is 12.1 Å². The van der Waals surface area contributed by atoms with Crippen molar-refractivity contribution < 1.29 is 9.59 Å². The van der Waals surface area contributed by atoms with E-state index in [0.29, 0.717) is 12.2 Å². The Kier molecular flexibility index (Phi) is 5.11. The standard InChI is InChI=1S/C14H18N2O2/c1-4-5-15-13(17)9-14(18)16-12-7-10(2)6-11(3)8-12/h4,6-8H,1,5,9H2,2-3H3,(H,15,17)(H,16,18). The van der Waals surface area contributed by atoms with E-state index in [1.165, 1.54) is 0 Å². The number of hydrogen-bond acceptors (Lipinski definition) is 2. The van der Waals surface area contributed by atoms with Gasteiger partial charge in [-0.15, -0.1) is 6.58 Å². The minimum atomic E-state index is -0.318. The molecule has 0 spiro atoms. The van der Waals surface area contributed by atoms with Crippen LogP contribution in [0.2, 0.25) is 0 Å². The number of aryl methyl sites for hydroxylation is 2. The zero-order valence-electron chi connectivity index (χ0n) is 10.7. The number of rotatable bonds is 5. The van der Waals surface area contributed by atoms with Crippen LogP contribution >= 0.6 is 0 Å². The molecule has 0 heterocycles. The molecule has 2 amide bonds. The summed E-state index contributed by atoms with van der Waals surface area (Å²) in [5.74, 6) is -0.627. The average Bonchev–Trinajstić information content (AvgIpc) is 2.24. The Morgan fingerprint density at radius 2 is 1.78 bits per heavy atom. The molecule has 1 aromatic carbocycles. The van der Waals surface area contributed by atoms with Crippen LogP contribution in [0.15, 0.2) is 30.9 Å². The molecule has 0 unspecified atom stereocenters. The van der Waals surface area contributed by atoms with Crippen molar-refractivity contribution in [2.45, 2.75) is 20.3 Å². The third-order valence-electron chi connectivity index (χ3n) is 2.27. The lowest BCUT2D eigenvalue weighted by atomic mass is 10.1. The predicted molar refractivity (Wildman–Crippen MR) is 72.4 cm³/mol. The Morgan fingerprint density at radius 1 is 1.17 bits per heavy atom. The monoisotopic (exact) mass is 246 g/mol. The second-order valence-corrected chi connectivity index (χ2v) is 4.19. The number of benzene rings is 1. The van der Waals surface area contributed by atoms with Gasteiger partial charge in [-0.25, -0.2) is 0 Å². The van der Waals surface area contributed by atoms with Crippen molar-refractivity contribution in [3.05, 3.63) is 42.0 Å². The van der Waals surface area contributed by atoms with E-state index in [1.54, 1.807) is 6.08 Å². The topological polar surface area (TPSA) is 58.2 Å². The molecule has 0 bridgehead atoms. The molecule has 0 saturated heterocycles. The van der Waals surface area contributed by atoms with Gasteiger partial charge in [-0.2, -0.15) is 0 Å². The maximum absolute atomic E-state index is 11.6. The van der Waals surface area contributed by atoms with Gasteiger partial charge >= 0.3 is 0 Å². The first-order chi connectivity index (χ1) is 8.51. The molecule has 0 radical (unpaired) electrons. The van der Waals surface area contributed by atoms with E-state index in [0.717, 1.165) is 11.1 Å². The normalized spacial score (nSPS) is 9.67. The highest BCUT2D eigenvalue weighted by atomic mass is 16.2. The summed E-state index contributed by atoms with van der Waals surface area (Å²) in [7, 11) is 0. The molecule has 0 atom stereocenters. The zero-order valence-corrected chi connectivity index (χ0v) is 10.7. The summed E-state index contributed by atoms with van der Waals surface area (Å²) >= 11 is 0.